The smallest absolute Gasteiger partial charge is 0.323 e. The summed E-state index contributed by atoms with van der Waals surface area (Å²) in [6, 6.07) is 0. The second-order valence-corrected chi connectivity index (χ2v) is 5.36. The summed E-state index contributed by atoms with van der Waals surface area (Å²) in [5.74, 6) is -0.729. The zero-order valence-corrected chi connectivity index (χ0v) is 12.4. The van der Waals surface area contributed by atoms with Crippen molar-refractivity contribution >= 4 is 5.97 Å². The molecule has 0 aromatic rings. The Kier molecular flexibility index (Phi) is 6.75. The fourth-order valence-electron chi connectivity index (χ4n) is 2.76. The van der Waals surface area contributed by atoms with E-state index in [0.29, 0.717) is 19.4 Å². The molecule has 2 unspecified atom stereocenters. The molecule has 0 aliphatic carbocycles. The first-order valence-corrected chi connectivity index (χ1v) is 7.36. The molecule has 5 nitrogen and oxygen atoms in total. The van der Waals surface area contributed by atoms with Crippen LogP contribution in [0.2, 0.25) is 0 Å². The van der Waals surface area contributed by atoms with E-state index in [1.165, 1.54) is 0 Å². The third-order valence-electron chi connectivity index (χ3n) is 3.93. The molecule has 112 valence electrons. The van der Waals surface area contributed by atoms with Crippen molar-refractivity contribution in [2.24, 2.45) is 0 Å². The Morgan fingerprint density at radius 2 is 2.26 bits per heavy atom. The van der Waals surface area contributed by atoms with Crippen LogP contribution in [0, 0.1) is 0 Å². The summed E-state index contributed by atoms with van der Waals surface area (Å²) in [5, 5.41) is 12.6. The molecule has 2 atom stereocenters. The Labute approximate surface area is 116 Å². The van der Waals surface area contributed by atoms with E-state index >= 15 is 0 Å². The van der Waals surface area contributed by atoms with Gasteiger partial charge in [0.1, 0.15) is 5.54 Å². The summed E-state index contributed by atoms with van der Waals surface area (Å²) in [4.78, 5) is 13.8. The number of hydrogen-bond acceptors (Lipinski definition) is 4. The molecule has 0 amide bonds. The van der Waals surface area contributed by atoms with Crippen LogP contribution in [0.25, 0.3) is 0 Å². The Bertz CT molecular complexity index is 286. The molecule has 19 heavy (non-hydrogen) atoms. The Hall–Kier alpha value is -0.650. The maximum absolute atomic E-state index is 11.5. The van der Waals surface area contributed by atoms with Crippen LogP contribution in [0.4, 0.5) is 0 Å². The van der Waals surface area contributed by atoms with Crippen molar-refractivity contribution in [3.05, 3.63) is 0 Å². The fraction of sp³-hybridized carbons (Fsp3) is 0.929. The lowest BCUT2D eigenvalue weighted by Crippen LogP contribution is -2.52. The van der Waals surface area contributed by atoms with Crippen LogP contribution in [0.5, 0.6) is 0 Å². The molecular formula is C14H28N2O3. The lowest BCUT2D eigenvalue weighted by Gasteiger charge is -2.33. The van der Waals surface area contributed by atoms with Crippen molar-refractivity contribution < 1.29 is 14.6 Å². The third kappa shape index (κ3) is 4.75. The van der Waals surface area contributed by atoms with Gasteiger partial charge < -0.3 is 15.2 Å². The molecule has 0 bridgehead atoms. The van der Waals surface area contributed by atoms with Crippen molar-refractivity contribution in [3.63, 3.8) is 0 Å². The number of nitrogens with zero attached hydrogens (tertiary/aromatic N) is 1. The highest BCUT2D eigenvalue weighted by molar-refractivity contribution is 5.78. The molecule has 1 heterocycles. The molecule has 0 saturated carbocycles. The molecule has 0 radical (unpaired) electrons. The average molecular weight is 272 g/mol. The number of hydrogen-bond donors (Lipinski definition) is 2. The number of rotatable bonds is 8. The number of morpholine rings is 1. The van der Waals surface area contributed by atoms with E-state index in [1.807, 2.05) is 13.8 Å². The van der Waals surface area contributed by atoms with Gasteiger partial charge in [0.2, 0.25) is 0 Å². The lowest BCUT2D eigenvalue weighted by atomic mass is 9.90. The van der Waals surface area contributed by atoms with Crippen molar-refractivity contribution in [2.75, 3.05) is 32.8 Å². The maximum Gasteiger partial charge on any atom is 0.323 e. The normalized spacial score (nSPS) is 24.1. The SMILES string of the molecule is CCNC(CC)(CCCN1CCOC(C)C1)C(=O)O. The van der Waals surface area contributed by atoms with Gasteiger partial charge in [-0.2, -0.15) is 0 Å². The van der Waals surface area contributed by atoms with E-state index in [2.05, 4.69) is 17.1 Å². The lowest BCUT2D eigenvalue weighted by molar-refractivity contribution is -0.145. The molecule has 1 saturated heterocycles. The minimum Gasteiger partial charge on any atom is -0.480 e. The van der Waals surface area contributed by atoms with E-state index in [1.54, 1.807) is 0 Å². The van der Waals surface area contributed by atoms with Gasteiger partial charge in [-0.05, 0) is 39.3 Å². The molecule has 2 N–H and O–H groups in total. The molecule has 1 aliphatic rings. The highest BCUT2D eigenvalue weighted by Gasteiger charge is 2.35. The molecule has 0 spiro atoms. The Morgan fingerprint density at radius 1 is 1.53 bits per heavy atom. The van der Waals surface area contributed by atoms with Gasteiger partial charge in [0, 0.05) is 13.1 Å². The van der Waals surface area contributed by atoms with Crippen LogP contribution in [0.3, 0.4) is 0 Å². The highest BCUT2D eigenvalue weighted by atomic mass is 16.5. The van der Waals surface area contributed by atoms with Crippen molar-refractivity contribution in [2.45, 2.75) is 51.7 Å². The number of likely N-dealkylation sites (N-methyl/N-ethyl adjacent to an activating group) is 1. The van der Waals surface area contributed by atoms with Crippen LogP contribution in [-0.2, 0) is 9.53 Å². The zero-order chi connectivity index (χ0) is 14.3. The zero-order valence-electron chi connectivity index (χ0n) is 12.4. The molecule has 0 aromatic heterocycles. The van der Waals surface area contributed by atoms with Crippen molar-refractivity contribution in [1.29, 1.82) is 0 Å². The van der Waals surface area contributed by atoms with Crippen molar-refractivity contribution in [1.82, 2.24) is 10.2 Å². The Morgan fingerprint density at radius 3 is 2.79 bits per heavy atom. The standard InChI is InChI=1S/C14H28N2O3/c1-4-14(13(17)18,15-5-2)7-6-8-16-9-10-19-12(3)11-16/h12,15H,4-11H2,1-3H3,(H,17,18). The predicted octanol–water partition coefficient (Wildman–Crippen LogP) is 1.33. The van der Waals surface area contributed by atoms with Gasteiger partial charge in [0.05, 0.1) is 12.7 Å². The number of ether oxygens (including phenoxy) is 1. The summed E-state index contributed by atoms with van der Waals surface area (Å²) < 4.78 is 5.51. The summed E-state index contributed by atoms with van der Waals surface area (Å²) in [6.07, 6.45) is 2.49. The minimum absolute atomic E-state index is 0.290. The second-order valence-electron chi connectivity index (χ2n) is 5.36. The van der Waals surface area contributed by atoms with Gasteiger partial charge in [0.15, 0.2) is 0 Å². The van der Waals surface area contributed by atoms with E-state index in [-0.39, 0.29) is 6.10 Å². The first kappa shape index (κ1) is 16.4. The third-order valence-corrected chi connectivity index (χ3v) is 3.93. The predicted molar refractivity (Wildman–Crippen MR) is 75.4 cm³/mol. The summed E-state index contributed by atoms with van der Waals surface area (Å²) in [6.45, 7) is 10.3. The molecule has 1 fully saturated rings. The molecule has 0 aromatic carbocycles. The largest absolute Gasteiger partial charge is 0.480 e. The van der Waals surface area contributed by atoms with E-state index < -0.39 is 11.5 Å². The van der Waals surface area contributed by atoms with E-state index in [4.69, 9.17) is 4.74 Å². The molecule has 1 rings (SSSR count). The molecule has 5 heteroatoms. The van der Waals surface area contributed by atoms with Gasteiger partial charge in [-0.1, -0.05) is 13.8 Å². The van der Waals surface area contributed by atoms with Gasteiger partial charge in [-0.3, -0.25) is 9.69 Å². The number of carboxylic acid groups (broad SMARTS) is 1. The average Bonchev–Trinajstić information content (AvgIpc) is 2.37. The monoisotopic (exact) mass is 272 g/mol. The van der Waals surface area contributed by atoms with Crippen molar-refractivity contribution in [3.8, 4) is 0 Å². The first-order valence-electron chi connectivity index (χ1n) is 7.36. The summed E-state index contributed by atoms with van der Waals surface area (Å²) in [7, 11) is 0. The van der Waals surface area contributed by atoms with Gasteiger partial charge in [-0.15, -0.1) is 0 Å². The van der Waals surface area contributed by atoms with Crippen LogP contribution in [-0.4, -0.2) is 60.4 Å². The number of carbonyl (C=O) groups is 1. The number of carboxylic acids is 1. The topological polar surface area (TPSA) is 61.8 Å². The van der Waals surface area contributed by atoms with E-state index in [0.717, 1.165) is 32.7 Å². The van der Waals surface area contributed by atoms with Crippen LogP contribution >= 0.6 is 0 Å². The second kappa shape index (κ2) is 7.82. The van der Waals surface area contributed by atoms with Crippen LogP contribution < -0.4 is 5.32 Å². The van der Waals surface area contributed by atoms with Crippen LogP contribution in [0.15, 0.2) is 0 Å². The summed E-state index contributed by atoms with van der Waals surface area (Å²) in [5.41, 5.74) is -0.757. The van der Waals surface area contributed by atoms with Gasteiger partial charge >= 0.3 is 5.97 Å². The maximum atomic E-state index is 11.5. The molecular weight excluding hydrogens is 244 g/mol. The quantitative estimate of drug-likeness (QED) is 0.698. The van der Waals surface area contributed by atoms with Gasteiger partial charge in [0.25, 0.3) is 0 Å². The fourth-order valence-corrected chi connectivity index (χ4v) is 2.76. The number of aliphatic carboxylic acids is 1. The van der Waals surface area contributed by atoms with Gasteiger partial charge in [-0.25, -0.2) is 0 Å². The minimum atomic E-state index is -0.757. The van der Waals surface area contributed by atoms with Crippen LogP contribution in [0.1, 0.15) is 40.0 Å². The van der Waals surface area contributed by atoms with E-state index in [9.17, 15) is 9.90 Å². The highest BCUT2D eigenvalue weighted by Crippen LogP contribution is 2.19. The first-order chi connectivity index (χ1) is 9.04. The molecule has 1 aliphatic heterocycles. The Balaban J connectivity index is 2.41. The summed E-state index contributed by atoms with van der Waals surface area (Å²) >= 11 is 0. The number of nitrogens with one attached hydrogen (secondary N) is 1.